The zero-order valence-corrected chi connectivity index (χ0v) is 17.3. The number of carbonyl (C=O) groups excluding carboxylic acids is 1. The van der Waals surface area contributed by atoms with Crippen LogP contribution in [-0.2, 0) is 17.6 Å². The first-order valence-corrected chi connectivity index (χ1v) is 10.9. The van der Waals surface area contributed by atoms with Gasteiger partial charge in [-0.25, -0.2) is 4.39 Å². The number of rotatable bonds is 4. The van der Waals surface area contributed by atoms with E-state index in [0.717, 1.165) is 71.9 Å². The SMILES string of the molecule is O=C1Cc2cc(CCN3CCN(c4nsc5cc(F)ccc45)CC3)c(Cl)cc2N1. The highest BCUT2D eigenvalue weighted by atomic mass is 35.5. The number of carbonyl (C=O) groups is 1. The Labute approximate surface area is 177 Å². The molecule has 2 aromatic carbocycles. The van der Waals surface area contributed by atoms with E-state index in [1.165, 1.54) is 17.6 Å². The van der Waals surface area contributed by atoms with Gasteiger partial charge in [-0.1, -0.05) is 17.7 Å². The van der Waals surface area contributed by atoms with Crippen LogP contribution >= 0.6 is 23.1 Å². The van der Waals surface area contributed by atoms with Crippen LogP contribution < -0.4 is 10.2 Å². The highest BCUT2D eigenvalue weighted by Crippen LogP contribution is 2.32. The van der Waals surface area contributed by atoms with Crippen LogP contribution in [0.25, 0.3) is 10.1 Å². The molecule has 3 aromatic rings. The molecule has 1 N–H and O–H groups in total. The molecule has 2 aliphatic heterocycles. The number of hydrogen-bond acceptors (Lipinski definition) is 5. The van der Waals surface area contributed by atoms with Crippen LogP contribution in [-0.4, -0.2) is 47.9 Å². The van der Waals surface area contributed by atoms with E-state index in [4.69, 9.17) is 11.6 Å². The van der Waals surface area contributed by atoms with Gasteiger partial charge in [-0.15, -0.1) is 0 Å². The van der Waals surface area contributed by atoms with E-state index in [1.54, 1.807) is 6.07 Å². The van der Waals surface area contributed by atoms with E-state index in [1.807, 2.05) is 12.1 Å². The van der Waals surface area contributed by atoms with Crippen molar-refractivity contribution in [3.63, 3.8) is 0 Å². The summed E-state index contributed by atoms with van der Waals surface area (Å²) in [5.41, 5.74) is 2.97. The standard InChI is InChI=1S/C21H20ClFN4OS/c22-17-12-18-14(10-20(28)24-18)9-13(17)3-4-26-5-7-27(8-6-26)21-16-2-1-15(23)11-19(16)29-25-21/h1-2,9,11-12H,3-8,10H2,(H,24,28). The summed E-state index contributed by atoms with van der Waals surface area (Å²) in [7, 11) is 0. The van der Waals surface area contributed by atoms with Crippen LogP contribution in [0.2, 0.25) is 5.02 Å². The van der Waals surface area contributed by atoms with Crippen molar-refractivity contribution >= 4 is 50.6 Å². The van der Waals surface area contributed by atoms with Crippen molar-refractivity contribution in [2.45, 2.75) is 12.8 Å². The molecule has 150 valence electrons. The minimum absolute atomic E-state index is 0.0293. The minimum Gasteiger partial charge on any atom is -0.353 e. The second-order valence-corrected chi connectivity index (χ2v) is 8.76. The number of fused-ring (bicyclic) bond motifs is 2. The van der Waals surface area contributed by atoms with E-state index in [9.17, 15) is 9.18 Å². The van der Waals surface area contributed by atoms with Gasteiger partial charge in [0.05, 0.1) is 11.1 Å². The van der Waals surface area contributed by atoms with Gasteiger partial charge in [-0.2, -0.15) is 4.37 Å². The summed E-state index contributed by atoms with van der Waals surface area (Å²) >= 11 is 7.77. The second kappa shape index (κ2) is 7.55. The molecule has 1 saturated heterocycles. The molecular formula is C21H20ClFN4OS. The quantitative estimate of drug-likeness (QED) is 0.681. The van der Waals surface area contributed by atoms with E-state index < -0.39 is 0 Å². The van der Waals surface area contributed by atoms with Crippen molar-refractivity contribution in [2.75, 3.05) is 42.9 Å². The van der Waals surface area contributed by atoms with Gasteiger partial charge in [0, 0.05) is 48.8 Å². The summed E-state index contributed by atoms with van der Waals surface area (Å²) in [6, 6.07) is 8.80. The number of nitrogens with zero attached hydrogens (tertiary/aromatic N) is 3. The van der Waals surface area contributed by atoms with Crippen LogP contribution in [0.3, 0.4) is 0 Å². The fourth-order valence-electron chi connectivity index (χ4n) is 4.08. The average Bonchev–Trinajstić information content (AvgIpc) is 3.28. The van der Waals surface area contributed by atoms with Gasteiger partial charge < -0.3 is 10.2 Å². The van der Waals surface area contributed by atoms with Gasteiger partial charge in [0.2, 0.25) is 5.91 Å². The predicted molar refractivity (Wildman–Crippen MR) is 116 cm³/mol. The maximum Gasteiger partial charge on any atom is 0.228 e. The van der Waals surface area contributed by atoms with Crippen molar-refractivity contribution < 1.29 is 9.18 Å². The zero-order chi connectivity index (χ0) is 20.0. The average molecular weight is 431 g/mol. The van der Waals surface area contributed by atoms with Crippen LogP contribution in [0.4, 0.5) is 15.9 Å². The van der Waals surface area contributed by atoms with E-state index in [2.05, 4.69) is 25.6 Å². The van der Waals surface area contributed by atoms with Gasteiger partial charge >= 0.3 is 0 Å². The first kappa shape index (κ1) is 18.8. The van der Waals surface area contributed by atoms with Gasteiger partial charge in [-0.3, -0.25) is 9.69 Å². The lowest BCUT2D eigenvalue weighted by Crippen LogP contribution is -2.47. The maximum absolute atomic E-state index is 13.4. The molecule has 29 heavy (non-hydrogen) atoms. The van der Waals surface area contributed by atoms with Gasteiger partial charge in [0.1, 0.15) is 11.6 Å². The molecular weight excluding hydrogens is 411 g/mol. The van der Waals surface area contributed by atoms with Crippen molar-refractivity contribution in [3.8, 4) is 0 Å². The molecule has 2 aliphatic rings. The maximum atomic E-state index is 13.4. The predicted octanol–water partition coefficient (Wildman–Crippen LogP) is 3.95. The summed E-state index contributed by atoms with van der Waals surface area (Å²) in [6.45, 7) is 4.61. The number of nitrogens with one attached hydrogen (secondary N) is 1. The Kier molecular flexibility index (Phi) is 4.89. The van der Waals surface area contributed by atoms with E-state index in [-0.39, 0.29) is 11.7 Å². The number of amides is 1. The first-order valence-electron chi connectivity index (χ1n) is 9.70. The third-order valence-corrected chi connectivity index (χ3v) is 6.83. The van der Waals surface area contributed by atoms with Gasteiger partial charge in [0.25, 0.3) is 0 Å². The molecule has 0 aliphatic carbocycles. The molecule has 1 aromatic heterocycles. The Hall–Kier alpha value is -2.22. The number of hydrogen-bond donors (Lipinski definition) is 1. The fraction of sp³-hybridized carbons (Fsp3) is 0.333. The smallest absolute Gasteiger partial charge is 0.228 e. The third-order valence-electron chi connectivity index (χ3n) is 5.68. The minimum atomic E-state index is -0.220. The molecule has 0 unspecified atom stereocenters. The van der Waals surface area contributed by atoms with Crippen molar-refractivity contribution in [2.24, 2.45) is 0 Å². The lowest BCUT2D eigenvalue weighted by Gasteiger charge is -2.35. The Morgan fingerprint density at radius 3 is 2.83 bits per heavy atom. The molecule has 0 spiro atoms. The Bertz CT molecular complexity index is 1090. The van der Waals surface area contributed by atoms with E-state index in [0.29, 0.717) is 11.4 Å². The number of benzene rings is 2. The summed E-state index contributed by atoms with van der Waals surface area (Å²) in [6.07, 6.45) is 1.29. The molecule has 0 saturated carbocycles. The number of piperazine rings is 1. The third kappa shape index (κ3) is 3.70. The van der Waals surface area contributed by atoms with Crippen molar-refractivity contribution in [1.29, 1.82) is 0 Å². The normalized spacial score (nSPS) is 17.0. The molecule has 5 nitrogen and oxygen atoms in total. The Morgan fingerprint density at radius 2 is 2.00 bits per heavy atom. The second-order valence-electron chi connectivity index (χ2n) is 7.55. The highest BCUT2D eigenvalue weighted by Gasteiger charge is 2.22. The molecule has 1 fully saturated rings. The lowest BCUT2D eigenvalue weighted by molar-refractivity contribution is -0.115. The summed E-state index contributed by atoms with van der Waals surface area (Å²) in [5.74, 6) is 0.771. The lowest BCUT2D eigenvalue weighted by atomic mass is 10.1. The molecule has 1 amide bonds. The molecule has 0 radical (unpaired) electrons. The number of anilines is 2. The van der Waals surface area contributed by atoms with Crippen LogP contribution in [0, 0.1) is 5.82 Å². The zero-order valence-electron chi connectivity index (χ0n) is 15.8. The van der Waals surface area contributed by atoms with Gasteiger partial charge in [0.15, 0.2) is 0 Å². The number of halogens is 2. The summed E-state index contributed by atoms with van der Waals surface area (Å²) in [4.78, 5) is 16.3. The monoisotopic (exact) mass is 430 g/mol. The van der Waals surface area contributed by atoms with Gasteiger partial charge in [-0.05, 0) is 53.3 Å². The van der Waals surface area contributed by atoms with E-state index >= 15 is 0 Å². The van der Waals surface area contributed by atoms with Crippen LogP contribution in [0.1, 0.15) is 11.1 Å². The molecule has 0 atom stereocenters. The summed E-state index contributed by atoms with van der Waals surface area (Å²) < 4.78 is 18.9. The highest BCUT2D eigenvalue weighted by molar-refractivity contribution is 7.13. The molecule has 5 rings (SSSR count). The fourth-order valence-corrected chi connectivity index (χ4v) is 5.16. The number of aromatic nitrogens is 1. The molecule has 3 heterocycles. The largest absolute Gasteiger partial charge is 0.353 e. The first-order chi connectivity index (χ1) is 14.1. The molecule has 8 heteroatoms. The van der Waals surface area contributed by atoms with Crippen molar-refractivity contribution in [3.05, 3.63) is 52.3 Å². The topological polar surface area (TPSA) is 48.5 Å². The molecule has 0 bridgehead atoms. The van der Waals surface area contributed by atoms with Crippen LogP contribution in [0.15, 0.2) is 30.3 Å². The Balaban J connectivity index is 1.21. The summed E-state index contributed by atoms with van der Waals surface area (Å²) in [5, 5.41) is 4.58. The van der Waals surface area contributed by atoms with Crippen molar-refractivity contribution in [1.82, 2.24) is 9.27 Å². The van der Waals surface area contributed by atoms with Crippen LogP contribution in [0.5, 0.6) is 0 Å². The Morgan fingerprint density at radius 1 is 1.17 bits per heavy atom.